The van der Waals surface area contributed by atoms with Gasteiger partial charge in [-0.15, -0.1) is 0 Å². The minimum Gasteiger partial charge on any atom is -0.356 e. The molecule has 2 saturated heterocycles. The molecular formula is C20H40N6. The maximum absolute atomic E-state index is 4.46. The molecule has 0 bridgehead atoms. The van der Waals surface area contributed by atoms with Crippen LogP contribution >= 0.6 is 0 Å². The molecule has 1 aliphatic carbocycles. The number of guanidine groups is 1. The van der Waals surface area contributed by atoms with Gasteiger partial charge in [0.15, 0.2) is 5.96 Å². The second-order valence-electron chi connectivity index (χ2n) is 8.73. The van der Waals surface area contributed by atoms with Crippen molar-refractivity contribution in [3.63, 3.8) is 0 Å². The zero-order chi connectivity index (χ0) is 18.4. The quantitative estimate of drug-likeness (QED) is 0.545. The summed E-state index contributed by atoms with van der Waals surface area (Å²) in [7, 11) is 4.11. The van der Waals surface area contributed by atoms with Crippen molar-refractivity contribution in [3.8, 4) is 0 Å². The van der Waals surface area contributed by atoms with E-state index in [1.807, 2.05) is 7.05 Å². The van der Waals surface area contributed by atoms with Crippen LogP contribution in [0.15, 0.2) is 4.99 Å². The highest BCUT2D eigenvalue weighted by Crippen LogP contribution is 2.26. The summed E-state index contributed by atoms with van der Waals surface area (Å²) in [5.74, 6) is 1.61. The molecule has 0 spiro atoms. The molecule has 2 N–H and O–H groups in total. The number of nitrogens with one attached hydrogen (secondary N) is 2. The van der Waals surface area contributed by atoms with E-state index in [1.165, 1.54) is 77.9 Å². The topological polar surface area (TPSA) is 46.1 Å². The lowest BCUT2D eigenvalue weighted by atomic mass is 10.1. The Morgan fingerprint density at radius 3 is 2.50 bits per heavy atom. The fraction of sp³-hybridized carbons (Fsp3) is 0.950. The van der Waals surface area contributed by atoms with Crippen molar-refractivity contribution in [2.45, 2.75) is 51.1 Å². The van der Waals surface area contributed by atoms with Crippen molar-refractivity contribution < 1.29 is 0 Å². The first kappa shape index (κ1) is 19.9. The molecule has 0 aromatic carbocycles. The molecule has 1 saturated carbocycles. The molecule has 6 heteroatoms. The molecule has 3 fully saturated rings. The summed E-state index contributed by atoms with van der Waals surface area (Å²) in [5.41, 5.74) is 0. The lowest BCUT2D eigenvalue weighted by Crippen LogP contribution is -2.49. The first-order valence-electron chi connectivity index (χ1n) is 10.8. The van der Waals surface area contributed by atoms with Gasteiger partial charge in [0.1, 0.15) is 0 Å². The van der Waals surface area contributed by atoms with Gasteiger partial charge in [0.05, 0.1) is 0 Å². The monoisotopic (exact) mass is 364 g/mol. The number of nitrogens with zero attached hydrogens (tertiary/aromatic N) is 4. The molecule has 2 heterocycles. The van der Waals surface area contributed by atoms with Gasteiger partial charge in [-0.05, 0) is 32.2 Å². The number of hydrogen-bond acceptors (Lipinski definition) is 4. The summed E-state index contributed by atoms with van der Waals surface area (Å²) >= 11 is 0. The standard InChI is InChI=1S/C20H40N6/c1-17(15-25-12-10-24(3)11-13-25)14-22-20(21-2)23-18-8-9-26(16-18)19-6-4-5-7-19/h17-19H,4-16H2,1-3H3,(H2,21,22,23). The molecule has 150 valence electrons. The lowest BCUT2D eigenvalue weighted by Gasteiger charge is -2.34. The van der Waals surface area contributed by atoms with Crippen molar-refractivity contribution in [2.75, 3.05) is 66.5 Å². The maximum Gasteiger partial charge on any atom is 0.191 e. The largest absolute Gasteiger partial charge is 0.356 e. The van der Waals surface area contributed by atoms with Crippen molar-refractivity contribution in [1.29, 1.82) is 0 Å². The third-order valence-corrected chi connectivity index (χ3v) is 6.41. The van der Waals surface area contributed by atoms with Crippen LogP contribution in [0.25, 0.3) is 0 Å². The van der Waals surface area contributed by atoms with Gasteiger partial charge in [-0.25, -0.2) is 0 Å². The van der Waals surface area contributed by atoms with Gasteiger partial charge in [-0.2, -0.15) is 0 Å². The molecule has 26 heavy (non-hydrogen) atoms. The van der Waals surface area contributed by atoms with Crippen LogP contribution in [-0.4, -0.2) is 99.2 Å². The summed E-state index contributed by atoms with van der Waals surface area (Å²) in [6.45, 7) is 11.7. The van der Waals surface area contributed by atoms with Crippen LogP contribution in [0.4, 0.5) is 0 Å². The lowest BCUT2D eigenvalue weighted by molar-refractivity contribution is 0.139. The average Bonchev–Trinajstić information content (AvgIpc) is 3.32. The first-order valence-corrected chi connectivity index (χ1v) is 10.8. The molecule has 6 nitrogen and oxygen atoms in total. The SMILES string of the molecule is CN=C(NCC(C)CN1CCN(C)CC1)NC1CCN(C2CCCC2)C1. The van der Waals surface area contributed by atoms with Crippen LogP contribution < -0.4 is 10.6 Å². The highest BCUT2D eigenvalue weighted by atomic mass is 15.3. The van der Waals surface area contributed by atoms with Crippen LogP contribution in [0.3, 0.4) is 0 Å². The predicted octanol–water partition coefficient (Wildman–Crippen LogP) is 1.05. The summed E-state index contributed by atoms with van der Waals surface area (Å²) < 4.78 is 0. The highest BCUT2D eigenvalue weighted by molar-refractivity contribution is 5.80. The number of likely N-dealkylation sites (N-methyl/N-ethyl adjacent to an activating group) is 1. The van der Waals surface area contributed by atoms with Crippen molar-refractivity contribution in [3.05, 3.63) is 0 Å². The fourth-order valence-corrected chi connectivity index (χ4v) is 4.70. The highest BCUT2D eigenvalue weighted by Gasteiger charge is 2.30. The molecule has 0 amide bonds. The summed E-state index contributed by atoms with van der Waals surface area (Å²) in [5, 5.41) is 7.22. The van der Waals surface area contributed by atoms with E-state index in [0.717, 1.165) is 18.5 Å². The number of likely N-dealkylation sites (tertiary alicyclic amines) is 1. The third kappa shape index (κ3) is 5.83. The second-order valence-corrected chi connectivity index (χ2v) is 8.73. The van der Waals surface area contributed by atoms with E-state index in [9.17, 15) is 0 Å². The van der Waals surface area contributed by atoms with E-state index in [2.05, 4.69) is 44.3 Å². The molecular weight excluding hydrogens is 324 g/mol. The Balaban J connectivity index is 1.34. The number of aliphatic imine (C=N–C) groups is 1. The summed E-state index contributed by atoms with van der Waals surface area (Å²) in [6, 6.07) is 1.40. The van der Waals surface area contributed by atoms with Crippen molar-refractivity contribution in [1.82, 2.24) is 25.3 Å². The van der Waals surface area contributed by atoms with Crippen molar-refractivity contribution in [2.24, 2.45) is 10.9 Å². The van der Waals surface area contributed by atoms with Crippen LogP contribution in [0.2, 0.25) is 0 Å². The van der Waals surface area contributed by atoms with Gasteiger partial charge in [-0.1, -0.05) is 19.8 Å². The van der Waals surface area contributed by atoms with Gasteiger partial charge in [0.2, 0.25) is 0 Å². The molecule has 2 unspecified atom stereocenters. The van der Waals surface area contributed by atoms with E-state index < -0.39 is 0 Å². The number of rotatable bonds is 6. The molecule has 2 atom stereocenters. The maximum atomic E-state index is 4.46. The molecule has 3 aliphatic rings. The van der Waals surface area contributed by atoms with Crippen LogP contribution in [0, 0.1) is 5.92 Å². The van der Waals surface area contributed by atoms with Crippen LogP contribution in [0.1, 0.15) is 39.0 Å². The molecule has 0 radical (unpaired) electrons. The molecule has 0 aromatic heterocycles. The Hall–Kier alpha value is -0.850. The molecule has 2 aliphatic heterocycles. The molecule has 0 aromatic rings. The minimum absolute atomic E-state index is 0.551. The Morgan fingerprint density at radius 2 is 1.81 bits per heavy atom. The smallest absolute Gasteiger partial charge is 0.191 e. The first-order chi connectivity index (χ1) is 12.6. The second kappa shape index (κ2) is 9.90. The summed E-state index contributed by atoms with van der Waals surface area (Å²) in [6.07, 6.45) is 6.91. The summed E-state index contributed by atoms with van der Waals surface area (Å²) in [4.78, 5) is 12.2. The Morgan fingerprint density at radius 1 is 1.08 bits per heavy atom. The predicted molar refractivity (Wildman–Crippen MR) is 110 cm³/mol. The van der Waals surface area contributed by atoms with Gasteiger partial charge >= 0.3 is 0 Å². The van der Waals surface area contributed by atoms with Gasteiger partial charge in [0, 0.05) is 71.5 Å². The van der Waals surface area contributed by atoms with Crippen LogP contribution in [-0.2, 0) is 0 Å². The fourth-order valence-electron chi connectivity index (χ4n) is 4.70. The Kier molecular flexibility index (Phi) is 7.58. The van der Waals surface area contributed by atoms with E-state index >= 15 is 0 Å². The van der Waals surface area contributed by atoms with Gasteiger partial charge in [0.25, 0.3) is 0 Å². The Bertz CT molecular complexity index is 440. The minimum atomic E-state index is 0.551. The van der Waals surface area contributed by atoms with E-state index in [1.54, 1.807) is 0 Å². The third-order valence-electron chi connectivity index (χ3n) is 6.41. The Labute approximate surface area is 160 Å². The number of hydrogen-bond donors (Lipinski definition) is 2. The van der Waals surface area contributed by atoms with Gasteiger partial charge in [-0.3, -0.25) is 9.89 Å². The van der Waals surface area contributed by atoms with E-state index in [-0.39, 0.29) is 0 Å². The van der Waals surface area contributed by atoms with E-state index in [0.29, 0.717) is 12.0 Å². The zero-order valence-electron chi connectivity index (χ0n) is 17.2. The average molecular weight is 365 g/mol. The van der Waals surface area contributed by atoms with E-state index in [4.69, 9.17) is 0 Å². The van der Waals surface area contributed by atoms with Gasteiger partial charge < -0.3 is 20.4 Å². The number of piperazine rings is 1. The molecule has 3 rings (SSSR count). The van der Waals surface area contributed by atoms with Crippen molar-refractivity contribution >= 4 is 5.96 Å². The normalized spacial score (nSPS) is 28.6. The zero-order valence-corrected chi connectivity index (χ0v) is 17.2. The van der Waals surface area contributed by atoms with Crippen LogP contribution in [0.5, 0.6) is 0 Å².